The number of ketones is 1. The van der Waals surface area contributed by atoms with Gasteiger partial charge in [-0.15, -0.1) is 11.3 Å². The van der Waals surface area contributed by atoms with Crippen LogP contribution in [0.2, 0.25) is 0 Å². The Morgan fingerprint density at radius 2 is 2.00 bits per heavy atom. The Bertz CT molecular complexity index is 380. The highest BCUT2D eigenvalue weighted by Crippen LogP contribution is 2.18. The van der Waals surface area contributed by atoms with Crippen molar-refractivity contribution in [1.29, 1.82) is 0 Å². The van der Waals surface area contributed by atoms with Crippen LogP contribution in [0.1, 0.15) is 53.1 Å². The number of rotatable bonds is 6. The van der Waals surface area contributed by atoms with Gasteiger partial charge in [-0.25, -0.2) is 0 Å². The van der Waals surface area contributed by atoms with E-state index in [4.69, 9.17) is 0 Å². The number of aryl methyl sites for hydroxylation is 1. The third-order valence-electron chi connectivity index (χ3n) is 3.59. The monoisotopic (exact) mass is 265 g/mol. The molecule has 0 unspecified atom stereocenters. The van der Waals surface area contributed by atoms with Crippen LogP contribution in [0.25, 0.3) is 0 Å². The molecule has 0 radical (unpaired) electrons. The summed E-state index contributed by atoms with van der Waals surface area (Å²) >= 11 is 1.62. The maximum atomic E-state index is 11.9. The molecule has 0 spiro atoms. The number of carbonyl (C=O) groups is 1. The average molecular weight is 265 g/mol. The van der Waals surface area contributed by atoms with Crippen LogP contribution in [0.3, 0.4) is 0 Å². The molecular formula is C15H23NOS. The van der Waals surface area contributed by atoms with E-state index in [0.29, 0.717) is 12.2 Å². The number of thiophene rings is 1. The summed E-state index contributed by atoms with van der Waals surface area (Å²) in [6.45, 7) is 5.75. The standard InChI is InChI=1S/C15H23NOS/c1-13-8-9-15(18-13)14(17)7-3-6-12-16-10-4-2-5-11-16/h8-9H,2-7,10-12H2,1H3. The minimum Gasteiger partial charge on any atom is -0.303 e. The highest BCUT2D eigenvalue weighted by atomic mass is 32.1. The van der Waals surface area contributed by atoms with E-state index in [9.17, 15) is 4.79 Å². The van der Waals surface area contributed by atoms with Gasteiger partial charge in [-0.05, 0) is 64.4 Å². The number of likely N-dealkylation sites (tertiary alicyclic amines) is 1. The van der Waals surface area contributed by atoms with E-state index in [0.717, 1.165) is 17.7 Å². The molecule has 3 heteroatoms. The third-order valence-corrected chi connectivity index (χ3v) is 4.63. The lowest BCUT2D eigenvalue weighted by atomic mass is 10.1. The van der Waals surface area contributed by atoms with Crippen molar-refractivity contribution in [2.45, 2.75) is 45.4 Å². The second-order valence-corrected chi connectivity index (χ2v) is 6.48. The normalized spacial score (nSPS) is 16.9. The van der Waals surface area contributed by atoms with Gasteiger partial charge in [0.25, 0.3) is 0 Å². The van der Waals surface area contributed by atoms with E-state index < -0.39 is 0 Å². The fourth-order valence-corrected chi connectivity index (χ4v) is 3.35. The van der Waals surface area contributed by atoms with E-state index in [1.165, 1.54) is 43.8 Å². The first-order chi connectivity index (χ1) is 8.75. The number of nitrogens with zero attached hydrogens (tertiary/aromatic N) is 1. The van der Waals surface area contributed by atoms with E-state index in [1.807, 2.05) is 12.1 Å². The van der Waals surface area contributed by atoms with Crippen molar-refractivity contribution in [2.75, 3.05) is 19.6 Å². The number of Topliss-reactive ketones (excluding diaryl/α,β-unsaturated/α-hetero) is 1. The molecule has 0 bridgehead atoms. The number of hydrogen-bond acceptors (Lipinski definition) is 3. The molecule has 0 N–H and O–H groups in total. The molecule has 1 aliphatic heterocycles. The number of carbonyl (C=O) groups excluding carboxylic acids is 1. The fourth-order valence-electron chi connectivity index (χ4n) is 2.51. The second kappa shape index (κ2) is 7.05. The Hall–Kier alpha value is -0.670. The van der Waals surface area contributed by atoms with Crippen LogP contribution in [0, 0.1) is 6.92 Å². The van der Waals surface area contributed by atoms with E-state index >= 15 is 0 Å². The first-order valence-electron chi connectivity index (χ1n) is 7.08. The molecule has 0 saturated carbocycles. The number of piperidine rings is 1. The summed E-state index contributed by atoms with van der Waals surface area (Å²) in [4.78, 5) is 16.6. The lowest BCUT2D eigenvalue weighted by Crippen LogP contribution is -2.30. The van der Waals surface area contributed by atoms with Gasteiger partial charge in [-0.2, -0.15) is 0 Å². The minimum atomic E-state index is 0.326. The summed E-state index contributed by atoms with van der Waals surface area (Å²) in [7, 11) is 0. The van der Waals surface area contributed by atoms with Crippen LogP contribution < -0.4 is 0 Å². The Morgan fingerprint density at radius 3 is 2.67 bits per heavy atom. The first kappa shape index (κ1) is 13.8. The van der Waals surface area contributed by atoms with Gasteiger partial charge < -0.3 is 4.90 Å². The maximum absolute atomic E-state index is 11.9. The molecule has 2 nitrogen and oxygen atoms in total. The summed E-state index contributed by atoms with van der Waals surface area (Å²) in [6, 6.07) is 4.00. The summed E-state index contributed by atoms with van der Waals surface area (Å²) < 4.78 is 0. The number of unbranched alkanes of at least 4 members (excludes halogenated alkanes) is 1. The smallest absolute Gasteiger partial charge is 0.172 e. The topological polar surface area (TPSA) is 20.3 Å². The number of hydrogen-bond donors (Lipinski definition) is 0. The zero-order valence-electron chi connectivity index (χ0n) is 11.3. The molecule has 1 aliphatic rings. The third kappa shape index (κ3) is 4.21. The Morgan fingerprint density at radius 1 is 1.22 bits per heavy atom. The van der Waals surface area contributed by atoms with Gasteiger partial charge in [-0.3, -0.25) is 4.79 Å². The first-order valence-corrected chi connectivity index (χ1v) is 7.89. The van der Waals surface area contributed by atoms with Gasteiger partial charge in [0.15, 0.2) is 5.78 Å². The van der Waals surface area contributed by atoms with Crippen molar-refractivity contribution >= 4 is 17.1 Å². The molecule has 1 aromatic heterocycles. The molecule has 2 heterocycles. The summed E-state index contributed by atoms with van der Waals surface area (Å²) in [6.07, 6.45) is 7.02. The highest BCUT2D eigenvalue weighted by molar-refractivity contribution is 7.14. The minimum absolute atomic E-state index is 0.326. The van der Waals surface area contributed by atoms with Crippen LogP contribution in [-0.2, 0) is 0 Å². The van der Waals surface area contributed by atoms with Crippen LogP contribution in [0.4, 0.5) is 0 Å². The molecule has 1 saturated heterocycles. The van der Waals surface area contributed by atoms with Crippen molar-refractivity contribution in [3.05, 3.63) is 21.9 Å². The average Bonchev–Trinajstić information content (AvgIpc) is 2.82. The van der Waals surface area contributed by atoms with Gasteiger partial charge >= 0.3 is 0 Å². The molecule has 1 fully saturated rings. The van der Waals surface area contributed by atoms with Crippen molar-refractivity contribution in [1.82, 2.24) is 4.90 Å². The van der Waals surface area contributed by atoms with E-state index in [-0.39, 0.29) is 0 Å². The van der Waals surface area contributed by atoms with Crippen molar-refractivity contribution in [3.63, 3.8) is 0 Å². The van der Waals surface area contributed by atoms with Crippen LogP contribution in [0.5, 0.6) is 0 Å². The summed E-state index contributed by atoms with van der Waals surface area (Å²) in [5.41, 5.74) is 0. The van der Waals surface area contributed by atoms with Crippen molar-refractivity contribution < 1.29 is 4.79 Å². The lowest BCUT2D eigenvalue weighted by Gasteiger charge is -2.26. The van der Waals surface area contributed by atoms with Gasteiger partial charge in [0.2, 0.25) is 0 Å². The summed E-state index contributed by atoms with van der Waals surface area (Å²) in [5.74, 6) is 0.326. The van der Waals surface area contributed by atoms with Gasteiger partial charge in [0, 0.05) is 11.3 Å². The Balaban J connectivity index is 1.61. The highest BCUT2D eigenvalue weighted by Gasteiger charge is 2.11. The van der Waals surface area contributed by atoms with Gasteiger partial charge in [0.05, 0.1) is 4.88 Å². The van der Waals surface area contributed by atoms with E-state index in [2.05, 4.69) is 11.8 Å². The predicted octanol–water partition coefficient (Wildman–Crippen LogP) is 3.90. The van der Waals surface area contributed by atoms with E-state index in [1.54, 1.807) is 11.3 Å². The predicted molar refractivity (Wildman–Crippen MR) is 77.5 cm³/mol. The SMILES string of the molecule is Cc1ccc(C(=O)CCCCN2CCCCC2)s1. The van der Waals surface area contributed by atoms with Gasteiger partial charge in [-0.1, -0.05) is 6.42 Å². The van der Waals surface area contributed by atoms with Gasteiger partial charge in [0.1, 0.15) is 0 Å². The fraction of sp³-hybridized carbons (Fsp3) is 0.667. The zero-order chi connectivity index (χ0) is 12.8. The molecule has 1 aromatic rings. The van der Waals surface area contributed by atoms with Crippen molar-refractivity contribution in [2.24, 2.45) is 0 Å². The second-order valence-electron chi connectivity index (χ2n) is 5.19. The van der Waals surface area contributed by atoms with Crippen LogP contribution >= 0.6 is 11.3 Å². The molecule has 2 rings (SSSR count). The molecule has 18 heavy (non-hydrogen) atoms. The maximum Gasteiger partial charge on any atom is 0.172 e. The molecule has 0 aliphatic carbocycles. The molecule has 0 amide bonds. The van der Waals surface area contributed by atoms with Crippen LogP contribution in [-0.4, -0.2) is 30.3 Å². The zero-order valence-corrected chi connectivity index (χ0v) is 12.1. The van der Waals surface area contributed by atoms with Crippen LogP contribution in [0.15, 0.2) is 12.1 Å². The molecule has 0 aromatic carbocycles. The Labute approximate surface area is 114 Å². The van der Waals surface area contributed by atoms with Crippen molar-refractivity contribution in [3.8, 4) is 0 Å². The Kier molecular flexibility index (Phi) is 5.39. The molecule has 100 valence electrons. The largest absolute Gasteiger partial charge is 0.303 e. The quantitative estimate of drug-likeness (QED) is 0.574. The summed E-state index contributed by atoms with van der Waals surface area (Å²) in [5, 5.41) is 0. The molecule has 0 atom stereocenters. The lowest BCUT2D eigenvalue weighted by molar-refractivity contribution is 0.0981. The molecular weight excluding hydrogens is 242 g/mol.